The first-order valence-corrected chi connectivity index (χ1v) is 9.84. The molecule has 0 aliphatic carbocycles. The fourth-order valence-corrected chi connectivity index (χ4v) is 3.83. The molecule has 1 saturated heterocycles. The molecule has 0 spiro atoms. The van der Waals surface area contributed by atoms with Gasteiger partial charge < -0.3 is 15.1 Å². The van der Waals surface area contributed by atoms with Gasteiger partial charge in [0, 0.05) is 25.1 Å². The van der Waals surface area contributed by atoms with Gasteiger partial charge in [-0.15, -0.1) is 0 Å². The lowest BCUT2D eigenvalue weighted by Crippen LogP contribution is -2.48. The molecule has 148 valence electrons. The summed E-state index contributed by atoms with van der Waals surface area (Å²) < 4.78 is 0. The van der Waals surface area contributed by atoms with Crippen LogP contribution in [0.25, 0.3) is 6.08 Å². The topological polar surface area (TPSA) is 69.7 Å². The van der Waals surface area contributed by atoms with Crippen LogP contribution in [0.15, 0.2) is 60.7 Å². The van der Waals surface area contributed by atoms with Crippen molar-refractivity contribution in [3.05, 3.63) is 66.2 Å². The molecule has 0 bridgehead atoms. The fourth-order valence-electron chi connectivity index (χ4n) is 3.83. The van der Waals surface area contributed by atoms with Gasteiger partial charge in [0.15, 0.2) is 0 Å². The van der Waals surface area contributed by atoms with Crippen LogP contribution in [0.1, 0.15) is 18.4 Å². The zero-order valence-corrected chi connectivity index (χ0v) is 16.1. The van der Waals surface area contributed by atoms with Crippen molar-refractivity contribution >= 4 is 35.2 Å². The van der Waals surface area contributed by atoms with Crippen molar-refractivity contribution in [2.45, 2.75) is 12.8 Å². The summed E-state index contributed by atoms with van der Waals surface area (Å²) in [4.78, 5) is 40.9. The van der Waals surface area contributed by atoms with E-state index in [1.165, 1.54) is 0 Å². The Morgan fingerprint density at radius 1 is 0.966 bits per heavy atom. The van der Waals surface area contributed by atoms with Gasteiger partial charge in [-0.05, 0) is 36.6 Å². The Balaban J connectivity index is 1.37. The first kappa shape index (κ1) is 18.9. The number of hydrogen-bond acceptors (Lipinski definition) is 3. The molecule has 6 heteroatoms. The number of para-hydroxylation sites is 2. The fraction of sp³-hybridized carbons (Fsp3) is 0.261. The number of likely N-dealkylation sites (tertiary alicyclic amines) is 1. The smallest absolute Gasteiger partial charge is 0.246 e. The minimum atomic E-state index is -0.185. The summed E-state index contributed by atoms with van der Waals surface area (Å²) in [6, 6.07) is 17.0. The molecule has 2 aliphatic rings. The second kappa shape index (κ2) is 8.31. The number of fused-ring (bicyclic) bond motifs is 1. The van der Waals surface area contributed by atoms with Gasteiger partial charge in [-0.3, -0.25) is 14.4 Å². The maximum absolute atomic E-state index is 13.1. The summed E-state index contributed by atoms with van der Waals surface area (Å²) >= 11 is 0. The number of carbonyl (C=O) groups excluding carboxylic acids is 3. The Morgan fingerprint density at radius 3 is 2.41 bits per heavy atom. The molecule has 29 heavy (non-hydrogen) atoms. The molecule has 0 radical (unpaired) electrons. The third-order valence-corrected chi connectivity index (χ3v) is 5.41. The number of nitrogens with zero attached hydrogens (tertiary/aromatic N) is 2. The van der Waals surface area contributed by atoms with E-state index in [4.69, 9.17) is 0 Å². The maximum Gasteiger partial charge on any atom is 0.246 e. The third-order valence-electron chi connectivity index (χ3n) is 5.41. The number of anilines is 2. The summed E-state index contributed by atoms with van der Waals surface area (Å²) in [5.74, 6) is -0.450. The van der Waals surface area contributed by atoms with Gasteiger partial charge >= 0.3 is 0 Å². The van der Waals surface area contributed by atoms with Gasteiger partial charge in [-0.25, -0.2) is 0 Å². The lowest BCUT2D eigenvalue weighted by atomic mass is 9.94. The van der Waals surface area contributed by atoms with Crippen LogP contribution >= 0.6 is 0 Å². The Labute approximate surface area is 169 Å². The van der Waals surface area contributed by atoms with E-state index in [2.05, 4.69) is 5.32 Å². The number of carbonyl (C=O) groups is 3. The van der Waals surface area contributed by atoms with Crippen LogP contribution in [0.4, 0.5) is 11.4 Å². The Kier molecular flexibility index (Phi) is 5.42. The highest BCUT2D eigenvalue weighted by atomic mass is 16.2. The predicted octanol–water partition coefficient (Wildman–Crippen LogP) is 2.92. The number of rotatable bonds is 3. The monoisotopic (exact) mass is 389 g/mol. The largest absolute Gasteiger partial charge is 0.339 e. The van der Waals surface area contributed by atoms with Crippen molar-refractivity contribution < 1.29 is 14.4 Å². The minimum absolute atomic E-state index is 0.0365. The first-order valence-electron chi connectivity index (χ1n) is 9.84. The van der Waals surface area contributed by atoms with Crippen LogP contribution in [-0.4, -0.2) is 42.3 Å². The zero-order valence-electron chi connectivity index (χ0n) is 16.1. The van der Waals surface area contributed by atoms with E-state index in [1.54, 1.807) is 21.9 Å². The molecule has 2 aliphatic heterocycles. The van der Waals surface area contributed by atoms with Gasteiger partial charge in [0.25, 0.3) is 0 Å². The summed E-state index contributed by atoms with van der Waals surface area (Å²) in [5, 5.41) is 2.80. The second-order valence-corrected chi connectivity index (χ2v) is 7.33. The molecule has 3 amide bonds. The number of piperidine rings is 1. The zero-order chi connectivity index (χ0) is 20.2. The quantitative estimate of drug-likeness (QED) is 0.821. The predicted molar refractivity (Wildman–Crippen MR) is 112 cm³/mol. The van der Waals surface area contributed by atoms with Crippen molar-refractivity contribution in [2.24, 2.45) is 5.92 Å². The Bertz CT molecular complexity index is 947. The Morgan fingerprint density at radius 2 is 1.66 bits per heavy atom. The minimum Gasteiger partial charge on any atom is -0.339 e. The van der Waals surface area contributed by atoms with Crippen LogP contribution in [0, 0.1) is 5.92 Å². The average molecular weight is 389 g/mol. The highest BCUT2D eigenvalue weighted by Gasteiger charge is 2.33. The third kappa shape index (κ3) is 4.21. The second-order valence-electron chi connectivity index (χ2n) is 7.33. The number of hydrogen-bond donors (Lipinski definition) is 1. The van der Waals surface area contributed by atoms with E-state index in [-0.39, 0.29) is 30.2 Å². The molecule has 0 unspecified atom stereocenters. The molecule has 2 aromatic rings. The molecule has 1 fully saturated rings. The van der Waals surface area contributed by atoms with E-state index >= 15 is 0 Å². The van der Waals surface area contributed by atoms with Crippen molar-refractivity contribution in [1.82, 2.24) is 4.90 Å². The van der Waals surface area contributed by atoms with Crippen molar-refractivity contribution in [1.29, 1.82) is 0 Å². The molecule has 0 atom stereocenters. The summed E-state index contributed by atoms with van der Waals surface area (Å²) in [7, 11) is 0. The number of benzene rings is 2. The highest BCUT2D eigenvalue weighted by Crippen LogP contribution is 2.31. The highest BCUT2D eigenvalue weighted by molar-refractivity contribution is 6.10. The molecule has 4 rings (SSSR count). The molecule has 0 saturated carbocycles. The van der Waals surface area contributed by atoms with Gasteiger partial charge in [0.2, 0.25) is 17.7 Å². The molecule has 2 heterocycles. The summed E-state index contributed by atoms with van der Waals surface area (Å²) in [6.07, 6.45) is 4.60. The molecule has 1 N–H and O–H groups in total. The maximum atomic E-state index is 13.1. The van der Waals surface area contributed by atoms with E-state index in [0.717, 1.165) is 11.3 Å². The summed E-state index contributed by atoms with van der Waals surface area (Å²) in [5.41, 5.74) is 2.38. The van der Waals surface area contributed by atoms with E-state index in [1.807, 2.05) is 54.6 Å². The lowest BCUT2D eigenvalue weighted by molar-refractivity contribution is -0.131. The van der Waals surface area contributed by atoms with Crippen LogP contribution in [0.2, 0.25) is 0 Å². The Hall–Kier alpha value is -3.41. The summed E-state index contributed by atoms with van der Waals surface area (Å²) in [6.45, 7) is 1.11. The van der Waals surface area contributed by atoms with Gasteiger partial charge in [0.1, 0.15) is 6.54 Å². The van der Waals surface area contributed by atoms with Crippen molar-refractivity contribution in [2.75, 3.05) is 29.9 Å². The van der Waals surface area contributed by atoms with Crippen LogP contribution in [0.3, 0.4) is 0 Å². The van der Waals surface area contributed by atoms with E-state index < -0.39 is 0 Å². The van der Waals surface area contributed by atoms with Gasteiger partial charge in [-0.1, -0.05) is 42.5 Å². The normalized spacial score (nSPS) is 17.2. The molecule has 0 aromatic heterocycles. The van der Waals surface area contributed by atoms with Crippen LogP contribution in [-0.2, 0) is 14.4 Å². The molecular weight excluding hydrogens is 366 g/mol. The van der Waals surface area contributed by atoms with Crippen molar-refractivity contribution in [3.63, 3.8) is 0 Å². The van der Waals surface area contributed by atoms with Crippen LogP contribution < -0.4 is 10.2 Å². The number of nitrogens with one attached hydrogen (secondary N) is 1. The first-order chi connectivity index (χ1) is 14.1. The van der Waals surface area contributed by atoms with E-state index in [9.17, 15) is 14.4 Å². The average Bonchev–Trinajstić information content (AvgIpc) is 2.77. The van der Waals surface area contributed by atoms with Crippen LogP contribution in [0.5, 0.6) is 0 Å². The van der Waals surface area contributed by atoms with E-state index in [0.29, 0.717) is 31.6 Å². The number of amides is 3. The molecular formula is C23H23N3O3. The van der Waals surface area contributed by atoms with Gasteiger partial charge in [-0.2, -0.15) is 0 Å². The SMILES string of the molecule is O=C1CN(C(=O)C2CCN(C(=O)C=Cc3ccccc3)CC2)c2ccccc2N1. The molecule has 2 aromatic carbocycles. The van der Waals surface area contributed by atoms with Gasteiger partial charge in [0.05, 0.1) is 11.4 Å². The standard InChI is InChI=1S/C23H23N3O3/c27-21-16-26(20-9-5-4-8-19(20)24-21)23(29)18-12-14-25(15-13-18)22(28)11-10-17-6-2-1-3-7-17/h1-11,18H,12-16H2,(H,24,27). The lowest BCUT2D eigenvalue weighted by Gasteiger charge is -2.35. The van der Waals surface area contributed by atoms with Crippen molar-refractivity contribution in [3.8, 4) is 0 Å². The molecule has 6 nitrogen and oxygen atoms in total.